The second kappa shape index (κ2) is 8.69. The quantitative estimate of drug-likeness (QED) is 0.604. The zero-order valence-electron chi connectivity index (χ0n) is 14.4. The molecule has 1 aromatic carbocycles. The van der Waals surface area contributed by atoms with Gasteiger partial charge < -0.3 is 9.64 Å². The molecule has 12 heteroatoms. The van der Waals surface area contributed by atoms with E-state index >= 15 is 0 Å². The summed E-state index contributed by atoms with van der Waals surface area (Å²) in [5.41, 5.74) is 1.34. The Bertz CT molecular complexity index is 798. The number of likely N-dealkylation sites (tertiary alicyclic amines) is 1. The van der Waals surface area contributed by atoms with Crippen LogP contribution in [-0.2, 0) is 4.74 Å². The molecular weight excluding hydrogens is 362 g/mol. The first-order chi connectivity index (χ1) is 12.8. The first-order valence-electron chi connectivity index (χ1n) is 8.03. The summed E-state index contributed by atoms with van der Waals surface area (Å²) in [7, 11) is 0. The van der Waals surface area contributed by atoms with Crippen LogP contribution < -0.4 is 5.43 Å². The SMILES string of the molecule is CCOC(=O)N1CCC(=NNC(=O)c2ccc([N+](=O)[O-])cc2[N+](=O)[O-])CC1. The number of non-ortho nitro benzene ring substituents is 1. The van der Waals surface area contributed by atoms with Crippen molar-refractivity contribution in [3.63, 3.8) is 0 Å². The molecule has 0 bridgehead atoms. The van der Waals surface area contributed by atoms with Crippen LogP contribution in [-0.4, -0.2) is 52.2 Å². The molecule has 0 atom stereocenters. The first-order valence-corrected chi connectivity index (χ1v) is 8.03. The Kier molecular flexibility index (Phi) is 6.36. The van der Waals surface area contributed by atoms with Crippen molar-refractivity contribution in [2.45, 2.75) is 19.8 Å². The minimum Gasteiger partial charge on any atom is -0.450 e. The van der Waals surface area contributed by atoms with Gasteiger partial charge in [-0.2, -0.15) is 5.10 Å². The Morgan fingerprint density at radius 2 is 1.89 bits per heavy atom. The number of amides is 2. The third-order valence-electron chi connectivity index (χ3n) is 3.82. The van der Waals surface area contributed by atoms with Crippen LogP contribution in [0.25, 0.3) is 0 Å². The number of nitro groups is 2. The van der Waals surface area contributed by atoms with Crippen molar-refractivity contribution in [3.05, 3.63) is 44.0 Å². The Morgan fingerprint density at radius 1 is 1.22 bits per heavy atom. The van der Waals surface area contributed by atoms with Gasteiger partial charge in [-0.3, -0.25) is 25.0 Å². The van der Waals surface area contributed by atoms with Crippen LogP contribution in [0, 0.1) is 20.2 Å². The maximum absolute atomic E-state index is 12.2. The summed E-state index contributed by atoms with van der Waals surface area (Å²) < 4.78 is 4.90. The Labute approximate surface area is 153 Å². The highest BCUT2D eigenvalue weighted by Crippen LogP contribution is 2.24. The average molecular weight is 379 g/mol. The molecule has 0 aliphatic carbocycles. The molecule has 2 rings (SSSR count). The summed E-state index contributed by atoms with van der Waals surface area (Å²) in [6.07, 6.45) is 0.421. The molecule has 1 aliphatic heterocycles. The Hall–Kier alpha value is -3.57. The predicted molar refractivity (Wildman–Crippen MR) is 92.5 cm³/mol. The van der Waals surface area contributed by atoms with E-state index in [4.69, 9.17) is 4.74 Å². The van der Waals surface area contributed by atoms with Crippen LogP contribution in [0.1, 0.15) is 30.1 Å². The lowest BCUT2D eigenvalue weighted by Crippen LogP contribution is -2.39. The third kappa shape index (κ3) is 4.96. The van der Waals surface area contributed by atoms with Crippen molar-refractivity contribution in [1.82, 2.24) is 10.3 Å². The van der Waals surface area contributed by atoms with Crippen LogP contribution in [0.3, 0.4) is 0 Å². The van der Waals surface area contributed by atoms with E-state index in [2.05, 4.69) is 10.5 Å². The molecule has 0 saturated carbocycles. The molecule has 0 radical (unpaired) electrons. The van der Waals surface area contributed by atoms with Crippen LogP contribution in [0.4, 0.5) is 16.2 Å². The van der Waals surface area contributed by atoms with Gasteiger partial charge >= 0.3 is 6.09 Å². The van der Waals surface area contributed by atoms with E-state index in [9.17, 15) is 29.8 Å². The maximum Gasteiger partial charge on any atom is 0.409 e. The summed E-state index contributed by atoms with van der Waals surface area (Å²) in [5, 5.41) is 25.7. The van der Waals surface area contributed by atoms with Crippen molar-refractivity contribution in [1.29, 1.82) is 0 Å². The number of benzene rings is 1. The topological polar surface area (TPSA) is 157 Å². The van der Waals surface area contributed by atoms with Crippen molar-refractivity contribution in [3.8, 4) is 0 Å². The second-order valence-electron chi connectivity index (χ2n) is 5.52. The third-order valence-corrected chi connectivity index (χ3v) is 3.82. The minimum absolute atomic E-state index is 0.278. The molecule has 1 N–H and O–H groups in total. The lowest BCUT2D eigenvalue weighted by Gasteiger charge is -2.26. The highest BCUT2D eigenvalue weighted by Gasteiger charge is 2.25. The van der Waals surface area contributed by atoms with E-state index in [0.29, 0.717) is 31.6 Å². The fraction of sp³-hybridized carbons (Fsp3) is 0.400. The highest BCUT2D eigenvalue weighted by atomic mass is 16.6. The number of hydrazone groups is 1. The van der Waals surface area contributed by atoms with Gasteiger partial charge in [0.25, 0.3) is 17.3 Å². The molecule has 0 spiro atoms. The van der Waals surface area contributed by atoms with Gasteiger partial charge in [-0.25, -0.2) is 10.2 Å². The number of carbonyl (C=O) groups is 2. The Morgan fingerprint density at radius 3 is 2.44 bits per heavy atom. The number of rotatable bonds is 5. The molecular formula is C15H17N5O7. The summed E-state index contributed by atoms with van der Waals surface area (Å²) in [4.78, 5) is 45.5. The van der Waals surface area contributed by atoms with Gasteiger partial charge in [-0.05, 0) is 13.0 Å². The smallest absolute Gasteiger partial charge is 0.409 e. The molecule has 2 amide bonds. The van der Waals surface area contributed by atoms with E-state index in [1.165, 1.54) is 4.90 Å². The monoisotopic (exact) mass is 379 g/mol. The number of nitro benzene ring substituents is 2. The fourth-order valence-electron chi connectivity index (χ4n) is 2.44. The van der Waals surface area contributed by atoms with E-state index in [1.807, 2.05) is 0 Å². The lowest BCUT2D eigenvalue weighted by molar-refractivity contribution is -0.394. The normalized spacial score (nSPS) is 13.7. The summed E-state index contributed by atoms with van der Waals surface area (Å²) in [6.45, 7) is 2.75. The van der Waals surface area contributed by atoms with Gasteiger partial charge in [0.15, 0.2) is 0 Å². The van der Waals surface area contributed by atoms with E-state index in [0.717, 1.165) is 18.2 Å². The van der Waals surface area contributed by atoms with Gasteiger partial charge in [0.1, 0.15) is 5.56 Å². The average Bonchev–Trinajstić information content (AvgIpc) is 2.66. The molecule has 1 fully saturated rings. The molecule has 0 unspecified atom stereocenters. The second-order valence-corrected chi connectivity index (χ2v) is 5.52. The molecule has 1 saturated heterocycles. The molecule has 144 valence electrons. The maximum atomic E-state index is 12.2. The summed E-state index contributed by atoms with van der Waals surface area (Å²) in [5.74, 6) is -0.850. The largest absolute Gasteiger partial charge is 0.450 e. The van der Waals surface area contributed by atoms with Crippen LogP contribution in [0.5, 0.6) is 0 Å². The van der Waals surface area contributed by atoms with Gasteiger partial charge in [0.05, 0.1) is 22.5 Å². The number of ether oxygens (including phenoxy) is 1. The number of carbonyl (C=O) groups excluding carboxylic acids is 2. The van der Waals surface area contributed by atoms with E-state index in [1.54, 1.807) is 6.92 Å². The molecule has 0 aromatic heterocycles. The zero-order chi connectivity index (χ0) is 20.0. The standard InChI is InChI=1S/C15H17N5O7/c1-2-27-15(22)18-7-5-10(6-8-18)16-17-14(21)12-4-3-11(19(23)24)9-13(12)20(25)26/h3-4,9H,2,5-8H2,1H3,(H,17,21). The number of nitrogens with zero attached hydrogens (tertiary/aromatic N) is 4. The van der Waals surface area contributed by atoms with Crippen LogP contribution >= 0.6 is 0 Å². The predicted octanol–water partition coefficient (Wildman–Crippen LogP) is 1.84. The highest BCUT2D eigenvalue weighted by molar-refractivity contribution is 5.99. The molecule has 12 nitrogen and oxygen atoms in total. The zero-order valence-corrected chi connectivity index (χ0v) is 14.4. The summed E-state index contributed by atoms with van der Waals surface area (Å²) >= 11 is 0. The van der Waals surface area contributed by atoms with Crippen LogP contribution in [0.2, 0.25) is 0 Å². The van der Waals surface area contributed by atoms with Crippen molar-refractivity contribution in [2.75, 3.05) is 19.7 Å². The van der Waals surface area contributed by atoms with Gasteiger partial charge in [-0.1, -0.05) is 0 Å². The molecule has 1 aromatic rings. The fourth-order valence-corrected chi connectivity index (χ4v) is 2.44. The minimum atomic E-state index is -0.868. The van der Waals surface area contributed by atoms with Crippen molar-refractivity contribution in [2.24, 2.45) is 5.10 Å². The van der Waals surface area contributed by atoms with Gasteiger partial charge in [0.2, 0.25) is 0 Å². The van der Waals surface area contributed by atoms with Gasteiger partial charge in [0, 0.05) is 37.7 Å². The number of piperidine rings is 1. The van der Waals surface area contributed by atoms with E-state index in [-0.39, 0.29) is 12.2 Å². The van der Waals surface area contributed by atoms with Gasteiger partial charge in [-0.15, -0.1) is 0 Å². The molecule has 27 heavy (non-hydrogen) atoms. The summed E-state index contributed by atoms with van der Waals surface area (Å²) in [6, 6.07) is 2.74. The molecule has 1 heterocycles. The van der Waals surface area contributed by atoms with Crippen molar-refractivity contribution >= 4 is 29.1 Å². The van der Waals surface area contributed by atoms with Crippen LogP contribution in [0.15, 0.2) is 23.3 Å². The number of nitrogens with one attached hydrogen (secondary N) is 1. The van der Waals surface area contributed by atoms with Crippen molar-refractivity contribution < 1.29 is 24.2 Å². The number of hydrogen-bond donors (Lipinski definition) is 1. The lowest BCUT2D eigenvalue weighted by atomic mass is 10.1. The first kappa shape index (κ1) is 19.8. The van der Waals surface area contributed by atoms with E-state index < -0.39 is 33.2 Å². The number of hydrogen-bond acceptors (Lipinski definition) is 8. The molecule has 1 aliphatic rings. The Balaban J connectivity index is 2.04.